The lowest BCUT2D eigenvalue weighted by Gasteiger charge is -2.30. The normalized spacial score (nSPS) is 15.7. The summed E-state index contributed by atoms with van der Waals surface area (Å²) >= 11 is 0. The highest BCUT2D eigenvalue weighted by molar-refractivity contribution is 7.92. The molecule has 0 aliphatic carbocycles. The van der Waals surface area contributed by atoms with Crippen LogP contribution in [-0.2, 0) is 24.8 Å². The van der Waals surface area contributed by atoms with Crippen molar-refractivity contribution < 1.29 is 26.4 Å². The van der Waals surface area contributed by atoms with Crippen LogP contribution >= 0.6 is 0 Å². The number of ether oxygens (including phenoxy) is 1. The first-order valence-electron chi connectivity index (χ1n) is 10.8. The van der Waals surface area contributed by atoms with Crippen LogP contribution in [0.5, 0.6) is 5.75 Å². The Hall–Kier alpha value is -2.63. The van der Waals surface area contributed by atoms with Crippen molar-refractivity contribution in [1.82, 2.24) is 4.31 Å². The molecule has 3 rings (SSSR count). The van der Waals surface area contributed by atoms with Gasteiger partial charge in [0.1, 0.15) is 5.75 Å². The molecule has 1 aliphatic rings. The molecule has 2 aromatic rings. The fraction of sp³-hybridized carbons (Fsp3) is 0.409. The molecule has 1 heterocycles. The Bertz CT molecular complexity index is 1160. The Labute approximate surface area is 195 Å². The van der Waals surface area contributed by atoms with Crippen molar-refractivity contribution >= 4 is 37.3 Å². The van der Waals surface area contributed by atoms with Crippen LogP contribution in [0.1, 0.15) is 26.7 Å². The molecule has 2 aromatic carbocycles. The van der Waals surface area contributed by atoms with Gasteiger partial charge in [0.15, 0.2) is 0 Å². The molecule has 180 valence electrons. The largest absolute Gasteiger partial charge is 0.494 e. The highest BCUT2D eigenvalue weighted by Crippen LogP contribution is 2.26. The molecule has 33 heavy (non-hydrogen) atoms. The van der Waals surface area contributed by atoms with Crippen molar-refractivity contribution in [2.45, 2.75) is 31.6 Å². The average Bonchev–Trinajstić information content (AvgIpc) is 2.81. The zero-order chi connectivity index (χ0) is 24.1. The summed E-state index contributed by atoms with van der Waals surface area (Å²) in [4.78, 5) is 12.8. The van der Waals surface area contributed by atoms with Crippen LogP contribution in [0.2, 0.25) is 0 Å². The predicted molar refractivity (Wildman–Crippen MR) is 127 cm³/mol. The Balaban J connectivity index is 1.55. The van der Waals surface area contributed by atoms with E-state index in [9.17, 15) is 21.6 Å². The van der Waals surface area contributed by atoms with Crippen molar-refractivity contribution in [2.24, 2.45) is 5.92 Å². The standard InChI is InChI=1S/C22H29N3O6S2/c1-3-31-20-9-11-21(12-10-20)33(29,30)25-15-13-17(14-16-25)22(26)23-18-5-7-19(8-6-18)24-32(27,28)4-2/h5-12,17,24H,3-4,13-16H2,1-2H3,(H,23,26). The molecule has 0 bridgehead atoms. The Kier molecular flexibility index (Phi) is 7.98. The molecular formula is C22H29N3O6S2. The fourth-order valence-corrected chi connectivity index (χ4v) is 5.61. The van der Waals surface area contributed by atoms with Crippen molar-refractivity contribution in [2.75, 3.05) is 35.5 Å². The summed E-state index contributed by atoms with van der Waals surface area (Å²) in [5.41, 5.74) is 0.964. The van der Waals surface area contributed by atoms with Gasteiger partial charge in [0.05, 0.1) is 17.3 Å². The molecule has 1 aliphatic heterocycles. The van der Waals surface area contributed by atoms with Crippen molar-refractivity contribution in [3.63, 3.8) is 0 Å². The number of piperidine rings is 1. The first-order valence-corrected chi connectivity index (χ1v) is 13.9. The lowest BCUT2D eigenvalue weighted by atomic mass is 9.97. The molecule has 0 spiro atoms. The number of rotatable bonds is 9. The van der Waals surface area contributed by atoms with E-state index in [1.165, 1.54) is 16.4 Å². The number of carbonyl (C=O) groups excluding carboxylic acids is 1. The van der Waals surface area contributed by atoms with E-state index in [0.717, 1.165) is 0 Å². The predicted octanol–water partition coefficient (Wildman–Crippen LogP) is 2.89. The van der Waals surface area contributed by atoms with Gasteiger partial charge in [-0.1, -0.05) is 0 Å². The molecule has 1 amide bonds. The summed E-state index contributed by atoms with van der Waals surface area (Å²) in [6.45, 7) is 4.42. The van der Waals surface area contributed by atoms with Crippen molar-refractivity contribution in [1.29, 1.82) is 0 Å². The number of anilines is 2. The number of hydrogen-bond donors (Lipinski definition) is 2. The second-order valence-electron chi connectivity index (χ2n) is 7.65. The molecule has 1 saturated heterocycles. The average molecular weight is 496 g/mol. The van der Waals surface area contributed by atoms with Crippen LogP contribution in [0.3, 0.4) is 0 Å². The van der Waals surface area contributed by atoms with E-state index in [4.69, 9.17) is 4.74 Å². The Morgan fingerprint density at radius 1 is 0.939 bits per heavy atom. The lowest BCUT2D eigenvalue weighted by Crippen LogP contribution is -2.41. The molecule has 0 radical (unpaired) electrons. The third-order valence-electron chi connectivity index (χ3n) is 5.40. The molecule has 0 aromatic heterocycles. The maximum atomic E-state index is 12.9. The SMILES string of the molecule is CCOc1ccc(S(=O)(=O)N2CCC(C(=O)Nc3ccc(NS(=O)(=O)CC)cc3)CC2)cc1. The smallest absolute Gasteiger partial charge is 0.243 e. The van der Waals surface area contributed by atoms with Crippen LogP contribution in [0.25, 0.3) is 0 Å². The number of carbonyl (C=O) groups is 1. The highest BCUT2D eigenvalue weighted by Gasteiger charge is 2.32. The van der Waals surface area contributed by atoms with E-state index in [1.54, 1.807) is 43.3 Å². The van der Waals surface area contributed by atoms with Gasteiger partial charge in [0.25, 0.3) is 0 Å². The first kappa shape index (κ1) is 25.0. The van der Waals surface area contributed by atoms with Crippen molar-refractivity contribution in [3.05, 3.63) is 48.5 Å². The molecule has 1 fully saturated rings. The van der Waals surface area contributed by atoms with Gasteiger partial charge >= 0.3 is 0 Å². The molecule has 0 saturated carbocycles. The maximum absolute atomic E-state index is 12.9. The van der Waals surface area contributed by atoms with Crippen LogP contribution in [0, 0.1) is 5.92 Å². The van der Waals surface area contributed by atoms with E-state index in [2.05, 4.69) is 10.0 Å². The third kappa shape index (κ3) is 6.46. The molecule has 0 atom stereocenters. The minimum atomic E-state index is -3.63. The lowest BCUT2D eigenvalue weighted by molar-refractivity contribution is -0.120. The van der Waals surface area contributed by atoms with Gasteiger partial charge in [-0.2, -0.15) is 4.31 Å². The van der Waals surface area contributed by atoms with Gasteiger partial charge in [0.2, 0.25) is 26.0 Å². The quantitative estimate of drug-likeness (QED) is 0.552. The second-order valence-corrected chi connectivity index (χ2v) is 11.6. The van der Waals surface area contributed by atoms with Crippen LogP contribution < -0.4 is 14.8 Å². The van der Waals surface area contributed by atoms with Gasteiger partial charge in [0, 0.05) is 30.4 Å². The van der Waals surface area contributed by atoms with E-state index in [0.29, 0.717) is 36.6 Å². The van der Waals surface area contributed by atoms with Gasteiger partial charge < -0.3 is 10.1 Å². The highest BCUT2D eigenvalue weighted by atomic mass is 32.2. The molecule has 2 N–H and O–H groups in total. The molecule has 11 heteroatoms. The number of amides is 1. The number of benzene rings is 2. The van der Waals surface area contributed by atoms with E-state index < -0.39 is 20.0 Å². The number of sulfonamides is 2. The van der Waals surface area contributed by atoms with E-state index >= 15 is 0 Å². The van der Waals surface area contributed by atoms with E-state index in [1.807, 2.05) is 6.92 Å². The first-order chi connectivity index (χ1) is 15.6. The molecule has 0 unspecified atom stereocenters. The second kappa shape index (κ2) is 10.5. The van der Waals surface area contributed by atoms with Gasteiger partial charge in [-0.3, -0.25) is 9.52 Å². The zero-order valence-electron chi connectivity index (χ0n) is 18.7. The molecular weight excluding hydrogens is 466 g/mol. The van der Waals surface area contributed by atoms with Crippen LogP contribution in [0.15, 0.2) is 53.4 Å². The minimum absolute atomic E-state index is 0.0293. The minimum Gasteiger partial charge on any atom is -0.494 e. The van der Waals surface area contributed by atoms with Gasteiger partial charge in [-0.05, 0) is 75.2 Å². The fourth-order valence-electron chi connectivity index (χ4n) is 3.50. The van der Waals surface area contributed by atoms with Crippen LogP contribution in [-0.4, -0.2) is 52.5 Å². The number of nitrogens with one attached hydrogen (secondary N) is 2. The summed E-state index contributed by atoms with van der Waals surface area (Å²) in [5.74, 6) is 0.0889. The van der Waals surface area contributed by atoms with Gasteiger partial charge in [-0.25, -0.2) is 16.8 Å². The van der Waals surface area contributed by atoms with Gasteiger partial charge in [-0.15, -0.1) is 0 Å². The third-order valence-corrected chi connectivity index (χ3v) is 8.62. The summed E-state index contributed by atoms with van der Waals surface area (Å²) in [5, 5.41) is 2.82. The summed E-state index contributed by atoms with van der Waals surface area (Å²) in [6, 6.07) is 12.7. The van der Waals surface area contributed by atoms with Crippen LogP contribution in [0.4, 0.5) is 11.4 Å². The summed E-state index contributed by atoms with van der Waals surface area (Å²) in [7, 11) is -7.00. The molecule has 9 nitrogen and oxygen atoms in total. The van der Waals surface area contributed by atoms with E-state index in [-0.39, 0.29) is 35.6 Å². The monoisotopic (exact) mass is 495 g/mol. The number of nitrogens with zero attached hydrogens (tertiary/aromatic N) is 1. The Morgan fingerprint density at radius 2 is 1.52 bits per heavy atom. The zero-order valence-corrected chi connectivity index (χ0v) is 20.3. The topological polar surface area (TPSA) is 122 Å². The van der Waals surface area contributed by atoms with Crippen molar-refractivity contribution in [3.8, 4) is 5.75 Å². The summed E-state index contributed by atoms with van der Waals surface area (Å²) in [6.07, 6.45) is 0.826. The maximum Gasteiger partial charge on any atom is 0.243 e. The Morgan fingerprint density at radius 3 is 2.06 bits per heavy atom. The number of hydrogen-bond acceptors (Lipinski definition) is 6. The summed E-state index contributed by atoms with van der Waals surface area (Å²) < 4.78 is 58.3.